The molecule has 0 amide bonds. The van der Waals surface area contributed by atoms with Gasteiger partial charge in [-0.25, -0.2) is 4.39 Å². The smallest absolute Gasteiger partial charge is 0.212 e. The lowest BCUT2D eigenvalue weighted by molar-refractivity contribution is 0.569. The van der Waals surface area contributed by atoms with Gasteiger partial charge >= 0.3 is 0 Å². The van der Waals surface area contributed by atoms with E-state index in [1.807, 2.05) is 37.4 Å². The molecule has 0 aliphatic carbocycles. The summed E-state index contributed by atoms with van der Waals surface area (Å²) in [5.74, 6) is 6.27. The van der Waals surface area contributed by atoms with Crippen LogP contribution in [0.2, 0.25) is 0 Å². The predicted molar refractivity (Wildman–Crippen MR) is 108 cm³/mol. The molecule has 138 valence electrons. The first-order valence-electron chi connectivity index (χ1n) is 8.99. The summed E-state index contributed by atoms with van der Waals surface area (Å²) >= 11 is 0. The van der Waals surface area contributed by atoms with Gasteiger partial charge in [0.1, 0.15) is 5.82 Å². The monoisotopic (exact) mass is 371 g/mol. The van der Waals surface area contributed by atoms with Crippen LogP contribution in [-0.4, -0.2) is 4.57 Å². The standard InChI is InChI=1S/C24H18FNO2/c1-26-16-19(14-18-10-12-20(25)13-11-18)23(27)22-15-21(28-24(22)26)9-5-8-17-6-3-2-4-7-17/h2-4,6-7,10-13,15-16H,8,14H2,1H3. The topological polar surface area (TPSA) is 35.1 Å². The van der Waals surface area contributed by atoms with E-state index in [0.717, 1.165) is 11.1 Å². The molecule has 0 N–H and O–H groups in total. The summed E-state index contributed by atoms with van der Waals surface area (Å²) in [5.41, 5.74) is 3.05. The number of furan rings is 1. The minimum absolute atomic E-state index is 0.0858. The number of hydrogen-bond acceptors (Lipinski definition) is 2. The van der Waals surface area contributed by atoms with Crippen LogP contribution in [-0.2, 0) is 19.9 Å². The Morgan fingerprint density at radius 3 is 2.54 bits per heavy atom. The lowest BCUT2D eigenvalue weighted by Crippen LogP contribution is -2.12. The zero-order valence-corrected chi connectivity index (χ0v) is 15.4. The van der Waals surface area contributed by atoms with Crippen molar-refractivity contribution in [2.24, 2.45) is 7.05 Å². The molecule has 0 unspecified atom stereocenters. The molecule has 4 aromatic rings. The van der Waals surface area contributed by atoms with E-state index in [1.54, 1.807) is 29.0 Å². The Morgan fingerprint density at radius 2 is 1.79 bits per heavy atom. The van der Waals surface area contributed by atoms with Crippen LogP contribution in [0, 0.1) is 17.7 Å². The first-order chi connectivity index (χ1) is 13.6. The highest BCUT2D eigenvalue weighted by molar-refractivity contribution is 5.76. The van der Waals surface area contributed by atoms with Gasteiger partial charge in [0.2, 0.25) is 5.71 Å². The quantitative estimate of drug-likeness (QED) is 0.499. The van der Waals surface area contributed by atoms with Crippen LogP contribution in [0.3, 0.4) is 0 Å². The third-order valence-electron chi connectivity index (χ3n) is 4.57. The van der Waals surface area contributed by atoms with Crippen molar-refractivity contribution in [2.45, 2.75) is 12.8 Å². The molecule has 3 nitrogen and oxygen atoms in total. The van der Waals surface area contributed by atoms with Gasteiger partial charge in [0.25, 0.3) is 0 Å². The molecule has 0 saturated carbocycles. The molecular formula is C24H18FNO2. The molecular weight excluding hydrogens is 353 g/mol. The largest absolute Gasteiger partial charge is 0.431 e. The fraction of sp³-hybridized carbons (Fsp3) is 0.125. The third kappa shape index (κ3) is 3.74. The van der Waals surface area contributed by atoms with Gasteiger partial charge < -0.3 is 8.98 Å². The summed E-state index contributed by atoms with van der Waals surface area (Å²) in [6, 6.07) is 17.8. The maximum atomic E-state index is 13.1. The van der Waals surface area contributed by atoms with E-state index < -0.39 is 0 Å². The van der Waals surface area contributed by atoms with Crippen molar-refractivity contribution in [3.63, 3.8) is 0 Å². The second-order valence-electron chi connectivity index (χ2n) is 6.69. The molecule has 4 heteroatoms. The molecule has 28 heavy (non-hydrogen) atoms. The third-order valence-corrected chi connectivity index (χ3v) is 4.57. The van der Waals surface area contributed by atoms with E-state index >= 15 is 0 Å². The van der Waals surface area contributed by atoms with Crippen LogP contribution < -0.4 is 5.43 Å². The van der Waals surface area contributed by atoms with Gasteiger partial charge in [0, 0.05) is 37.7 Å². The van der Waals surface area contributed by atoms with Gasteiger partial charge in [-0.3, -0.25) is 4.79 Å². The molecule has 2 heterocycles. The minimum atomic E-state index is -0.291. The van der Waals surface area contributed by atoms with Crippen molar-refractivity contribution < 1.29 is 8.81 Å². The summed E-state index contributed by atoms with van der Waals surface area (Å²) in [7, 11) is 1.83. The number of benzene rings is 2. The van der Waals surface area contributed by atoms with Crippen molar-refractivity contribution in [3.05, 3.63) is 105 Å². The van der Waals surface area contributed by atoms with Crippen molar-refractivity contribution in [2.75, 3.05) is 0 Å². The summed E-state index contributed by atoms with van der Waals surface area (Å²) in [5, 5.41) is 0.506. The number of rotatable bonds is 3. The van der Waals surface area contributed by atoms with Crippen molar-refractivity contribution in [3.8, 4) is 11.8 Å². The lowest BCUT2D eigenvalue weighted by atomic mass is 10.1. The summed E-state index contributed by atoms with van der Waals surface area (Å²) < 4.78 is 20.7. The molecule has 4 rings (SSSR count). The average molecular weight is 371 g/mol. The molecule has 0 fully saturated rings. The van der Waals surface area contributed by atoms with Gasteiger partial charge in [-0.2, -0.15) is 0 Å². The van der Waals surface area contributed by atoms with Crippen molar-refractivity contribution in [1.29, 1.82) is 0 Å². The van der Waals surface area contributed by atoms with Crippen LogP contribution in [0.1, 0.15) is 22.5 Å². The molecule has 2 aromatic carbocycles. The number of nitrogens with zero attached hydrogens (tertiary/aromatic N) is 1. The lowest BCUT2D eigenvalue weighted by Gasteiger charge is -2.05. The minimum Gasteiger partial charge on any atom is -0.431 e. The fourth-order valence-electron chi connectivity index (χ4n) is 3.17. The van der Waals surface area contributed by atoms with E-state index in [2.05, 4.69) is 11.8 Å². The Balaban J connectivity index is 1.64. The van der Waals surface area contributed by atoms with E-state index in [-0.39, 0.29) is 11.2 Å². The first-order valence-corrected chi connectivity index (χ1v) is 8.99. The van der Waals surface area contributed by atoms with Crippen LogP contribution >= 0.6 is 0 Å². The van der Waals surface area contributed by atoms with Gasteiger partial charge in [-0.05, 0) is 29.2 Å². The number of halogens is 1. The number of aryl methyl sites for hydroxylation is 1. The Bertz CT molecular complexity index is 1240. The summed E-state index contributed by atoms with van der Waals surface area (Å²) in [6.45, 7) is 0. The number of pyridine rings is 1. The van der Waals surface area contributed by atoms with E-state index in [9.17, 15) is 9.18 Å². The van der Waals surface area contributed by atoms with Gasteiger partial charge in [-0.1, -0.05) is 48.4 Å². The summed E-state index contributed by atoms with van der Waals surface area (Å²) in [4.78, 5) is 12.9. The van der Waals surface area contributed by atoms with Crippen molar-refractivity contribution >= 4 is 11.1 Å². The molecule has 0 spiro atoms. The second-order valence-corrected chi connectivity index (χ2v) is 6.69. The number of fused-ring (bicyclic) bond motifs is 1. The highest BCUT2D eigenvalue weighted by Gasteiger charge is 2.13. The zero-order valence-electron chi connectivity index (χ0n) is 15.4. The number of aromatic nitrogens is 1. The Hall–Kier alpha value is -3.58. The molecule has 0 aliphatic rings. The SMILES string of the molecule is Cn1cc(Cc2ccc(F)cc2)c(=O)c2cc(C#CCc3ccccc3)oc21. The van der Waals surface area contributed by atoms with Gasteiger partial charge in [0.15, 0.2) is 11.2 Å². The average Bonchev–Trinajstić information content (AvgIpc) is 3.14. The van der Waals surface area contributed by atoms with E-state index in [0.29, 0.717) is 35.3 Å². The number of hydrogen-bond donors (Lipinski definition) is 0. The molecule has 0 saturated heterocycles. The normalized spacial score (nSPS) is 10.6. The van der Waals surface area contributed by atoms with E-state index in [4.69, 9.17) is 4.42 Å². The molecule has 0 bridgehead atoms. The molecule has 2 aromatic heterocycles. The van der Waals surface area contributed by atoms with Gasteiger partial charge in [-0.15, -0.1) is 0 Å². The van der Waals surface area contributed by atoms with Crippen molar-refractivity contribution in [1.82, 2.24) is 4.57 Å². The zero-order chi connectivity index (χ0) is 19.5. The maximum absolute atomic E-state index is 13.1. The fourth-order valence-corrected chi connectivity index (χ4v) is 3.17. The Morgan fingerprint density at radius 1 is 1.04 bits per heavy atom. The highest BCUT2D eigenvalue weighted by Crippen LogP contribution is 2.17. The van der Waals surface area contributed by atoms with Crippen LogP contribution in [0.25, 0.3) is 11.1 Å². The van der Waals surface area contributed by atoms with Crippen LogP contribution in [0.15, 0.2) is 76.1 Å². The summed E-state index contributed by atoms with van der Waals surface area (Å²) in [6.07, 6.45) is 2.81. The first kappa shape index (κ1) is 17.8. The van der Waals surface area contributed by atoms with Crippen LogP contribution in [0.4, 0.5) is 4.39 Å². The molecule has 0 atom stereocenters. The second kappa shape index (κ2) is 7.58. The maximum Gasteiger partial charge on any atom is 0.212 e. The van der Waals surface area contributed by atoms with Crippen LogP contribution in [0.5, 0.6) is 0 Å². The molecule has 0 aliphatic heterocycles. The highest BCUT2D eigenvalue weighted by atomic mass is 19.1. The molecule has 0 radical (unpaired) electrons. The van der Waals surface area contributed by atoms with E-state index in [1.165, 1.54) is 12.1 Å². The Kier molecular flexibility index (Phi) is 4.82. The van der Waals surface area contributed by atoms with Gasteiger partial charge in [0.05, 0.1) is 5.39 Å². The predicted octanol–water partition coefficient (Wildman–Crippen LogP) is 4.46. The Labute approximate surface area is 162 Å².